The molecule has 0 saturated carbocycles. The van der Waals surface area contributed by atoms with E-state index in [4.69, 9.17) is 4.11 Å². The van der Waals surface area contributed by atoms with Crippen LogP contribution in [0, 0.1) is 0 Å². The minimum absolute atomic E-state index is 0.116. The Labute approximate surface area is 140 Å². The van der Waals surface area contributed by atoms with E-state index in [-0.39, 0.29) is 17.6 Å². The van der Waals surface area contributed by atoms with Gasteiger partial charge in [0.15, 0.2) is 5.69 Å². The van der Waals surface area contributed by atoms with Crippen LogP contribution in [0.15, 0.2) is 24.3 Å². The number of hydrogen-bond acceptors (Lipinski definition) is 3. The van der Waals surface area contributed by atoms with Gasteiger partial charge in [-0.3, -0.25) is 9.48 Å². The first-order chi connectivity index (χ1) is 12.3. The third kappa shape index (κ3) is 2.53. The maximum atomic E-state index is 12.9. The Hall–Kier alpha value is -1.88. The molecule has 5 heteroatoms. The van der Waals surface area contributed by atoms with Gasteiger partial charge in [-0.1, -0.05) is 24.6 Å². The molecule has 4 rings (SSSR count). The molecule has 0 spiro atoms. The van der Waals surface area contributed by atoms with Gasteiger partial charge in [0.05, 0.1) is 5.52 Å². The summed E-state index contributed by atoms with van der Waals surface area (Å²) in [5.41, 5.74) is 0.652. The number of nitrogens with zero attached hydrogens (tertiary/aromatic N) is 3. The highest BCUT2D eigenvalue weighted by atomic mass is 16.2. The molecular formula is C18H24N4O. The van der Waals surface area contributed by atoms with Gasteiger partial charge in [-0.2, -0.15) is 5.10 Å². The van der Waals surface area contributed by atoms with Crippen molar-refractivity contribution in [2.45, 2.75) is 50.2 Å². The third-order valence-electron chi connectivity index (χ3n) is 5.48. The Bertz CT molecular complexity index is 817. The van der Waals surface area contributed by atoms with E-state index in [1.165, 1.54) is 19.3 Å². The van der Waals surface area contributed by atoms with E-state index in [0.717, 1.165) is 17.5 Å². The van der Waals surface area contributed by atoms with E-state index < -0.39 is 6.98 Å². The third-order valence-corrected chi connectivity index (χ3v) is 5.48. The monoisotopic (exact) mass is 315 g/mol. The number of aryl methyl sites for hydroxylation is 1. The fourth-order valence-electron chi connectivity index (χ4n) is 4.22. The smallest absolute Gasteiger partial charge is 0.272 e. The van der Waals surface area contributed by atoms with E-state index in [1.54, 1.807) is 24.3 Å². The number of aromatic nitrogens is 2. The minimum atomic E-state index is -2.41. The molecule has 0 radical (unpaired) electrons. The molecule has 2 aliphatic heterocycles. The summed E-state index contributed by atoms with van der Waals surface area (Å²) in [6.45, 7) is -2.41. The molecule has 2 saturated heterocycles. The first-order valence-electron chi connectivity index (χ1n) is 9.85. The van der Waals surface area contributed by atoms with E-state index in [9.17, 15) is 4.79 Å². The minimum Gasteiger partial charge on any atom is -0.348 e. The van der Waals surface area contributed by atoms with Gasteiger partial charge in [0.25, 0.3) is 5.91 Å². The number of hydrogen-bond donors (Lipinski definition) is 1. The van der Waals surface area contributed by atoms with Crippen LogP contribution in [0.3, 0.4) is 0 Å². The zero-order valence-electron chi connectivity index (χ0n) is 16.3. The fourth-order valence-corrected chi connectivity index (χ4v) is 4.22. The Morgan fingerprint density at radius 2 is 2.04 bits per heavy atom. The van der Waals surface area contributed by atoms with Crippen LogP contribution in [-0.4, -0.2) is 45.8 Å². The molecule has 2 atom stereocenters. The lowest BCUT2D eigenvalue weighted by Gasteiger charge is -2.47. The van der Waals surface area contributed by atoms with E-state index in [2.05, 4.69) is 22.4 Å². The van der Waals surface area contributed by atoms with Gasteiger partial charge in [0.1, 0.15) is 0 Å². The highest BCUT2D eigenvalue weighted by Crippen LogP contribution is 2.32. The van der Waals surface area contributed by atoms with Crippen molar-refractivity contribution in [2.75, 3.05) is 7.05 Å². The largest absolute Gasteiger partial charge is 0.348 e. The summed E-state index contributed by atoms with van der Waals surface area (Å²) in [4.78, 5) is 15.3. The van der Waals surface area contributed by atoms with Crippen molar-refractivity contribution in [2.24, 2.45) is 6.98 Å². The topological polar surface area (TPSA) is 50.2 Å². The second-order valence-corrected chi connectivity index (χ2v) is 6.82. The first kappa shape index (κ1) is 11.6. The van der Waals surface area contributed by atoms with Crippen LogP contribution in [0.2, 0.25) is 0 Å². The second-order valence-electron chi connectivity index (χ2n) is 6.82. The maximum Gasteiger partial charge on any atom is 0.272 e. The van der Waals surface area contributed by atoms with Gasteiger partial charge in [-0.25, -0.2) is 0 Å². The molecule has 1 amide bonds. The zero-order valence-corrected chi connectivity index (χ0v) is 13.3. The van der Waals surface area contributed by atoms with E-state index in [1.807, 2.05) is 0 Å². The molecule has 2 aromatic rings. The molecular weight excluding hydrogens is 288 g/mol. The predicted octanol–water partition coefficient (Wildman–Crippen LogP) is 2.32. The van der Waals surface area contributed by atoms with E-state index >= 15 is 0 Å². The lowest BCUT2D eigenvalue weighted by Crippen LogP contribution is -2.55. The van der Waals surface area contributed by atoms with Crippen LogP contribution >= 0.6 is 0 Å². The molecule has 2 fully saturated rings. The standard InChI is InChI=1S/C18H24N4O/c1-21-13-6-5-7-14(21)11-12(10-13)19-18(23)17-15-8-3-4-9-16(15)22(2)20-17/h3-4,8-9,12-14H,5-7,10-11H2,1-2H3,(H,19,23)/i2D3. The molecule has 1 N–H and O–H groups in total. The molecule has 2 unspecified atom stereocenters. The summed E-state index contributed by atoms with van der Waals surface area (Å²) >= 11 is 0. The van der Waals surface area contributed by atoms with Crippen molar-refractivity contribution < 1.29 is 8.91 Å². The number of benzene rings is 1. The molecule has 5 nitrogen and oxygen atoms in total. The van der Waals surface area contributed by atoms with Gasteiger partial charge < -0.3 is 10.2 Å². The molecule has 23 heavy (non-hydrogen) atoms. The summed E-state index contributed by atoms with van der Waals surface area (Å²) in [6, 6.07) is 8.14. The second kappa shape index (κ2) is 5.64. The summed E-state index contributed by atoms with van der Waals surface area (Å²) in [7, 11) is 2.18. The highest BCUT2D eigenvalue weighted by Gasteiger charge is 2.36. The summed E-state index contributed by atoms with van der Waals surface area (Å²) in [6.07, 6.45) is 5.49. The molecule has 3 heterocycles. The maximum absolute atomic E-state index is 12.9. The SMILES string of the molecule is [2H]C([2H])([2H])n1nc(C(=O)NC2CC3CCCC(C2)N3C)c2ccccc21. The number of carbonyl (C=O) groups is 1. The first-order valence-corrected chi connectivity index (χ1v) is 8.35. The average molecular weight is 315 g/mol. The average Bonchev–Trinajstić information content (AvgIpc) is 2.96. The van der Waals surface area contributed by atoms with Crippen LogP contribution in [0.25, 0.3) is 10.9 Å². The number of fused-ring (bicyclic) bond motifs is 3. The van der Waals surface area contributed by atoms with Crippen molar-refractivity contribution in [1.29, 1.82) is 0 Å². The fraction of sp³-hybridized carbons (Fsp3) is 0.556. The number of para-hydroxylation sites is 1. The number of nitrogens with one attached hydrogen (secondary N) is 1. The van der Waals surface area contributed by atoms with Crippen molar-refractivity contribution in [3.05, 3.63) is 30.0 Å². The van der Waals surface area contributed by atoms with Gasteiger partial charge >= 0.3 is 0 Å². The van der Waals surface area contributed by atoms with Gasteiger partial charge in [0.2, 0.25) is 0 Å². The van der Waals surface area contributed by atoms with Gasteiger partial charge in [-0.15, -0.1) is 0 Å². The van der Waals surface area contributed by atoms with Crippen LogP contribution in [0.5, 0.6) is 0 Å². The molecule has 2 bridgehead atoms. The van der Waals surface area contributed by atoms with Gasteiger partial charge in [-0.05, 0) is 38.8 Å². The lowest BCUT2D eigenvalue weighted by molar-refractivity contribution is 0.0462. The van der Waals surface area contributed by atoms with E-state index in [0.29, 0.717) is 23.0 Å². The molecule has 1 aromatic carbocycles. The molecule has 1 aromatic heterocycles. The van der Waals surface area contributed by atoms with Crippen LogP contribution in [0.4, 0.5) is 0 Å². The summed E-state index contributed by atoms with van der Waals surface area (Å²) < 4.78 is 24.0. The molecule has 122 valence electrons. The Morgan fingerprint density at radius 3 is 2.78 bits per heavy atom. The normalized spacial score (nSPS) is 30.5. The van der Waals surface area contributed by atoms with Crippen LogP contribution in [-0.2, 0) is 6.98 Å². The zero-order chi connectivity index (χ0) is 18.5. The van der Waals surface area contributed by atoms with Crippen LogP contribution < -0.4 is 5.32 Å². The Balaban J connectivity index is 1.59. The number of piperidine rings is 2. The van der Waals surface area contributed by atoms with Crippen molar-refractivity contribution in [1.82, 2.24) is 20.0 Å². The Morgan fingerprint density at radius 1 is 1.30 bits per heavy atom. The van der Waals surface area contributed by atoms with Crippen molar-refractivity contribution in [3.63, 3.8) is 0 Å². The quantitative estimate of drug-likeness (QED) is 0.925. The number of rotatable bonds is 2. The van der Waals surface area contributed by atoms with Gasteiger partial charge in [0, 0.05) is 34.6 Å². The van der Waals surface area contributed by atoms with Crippen LogP contribution in [0.1, 0.15) is 46.7 Å². The predicted molar refractivity (Wildman–Crippen MR) is 90.4 cm³/mol. The number of amides is 1. The number of carbonyl (C=O) groups excluding carboxylic acids is 1. The van der Waals surface area contributed by atoms with Crippen molar-refractivity contribution >= 4 is 16.8 Å². The highest BCUT2D eigenvalue weighted by molar-refractivity contribution is 6.04. The summed E-state index contributed by atoms with van der Waals surface area (Å²) in [5, 5.41) is 7.84. The molecule has 2 aliphatic rings. The summed E-state index contributed by atoms with van der Waals surface area (Å²) in [5.74, 6) is -0.281. The molecule has 0 aliphatic carbocycles. The lowest BCUT2D eigenvalue weighted by atomic mass is 9.82. The van der Waals surface area contributed by atoms with Crippen molar-refractivity contribution in [3.8, 4) is 0 Å². The Kier molecular flexibility index (Phi) is 2.85.